The molecule has 3 aromatic rings. The molecule has 1 aliphatic heterocycles. The van der Waals surface area contributed by atoms with E-state index in [0.29, 0.717) is 16.0 Å². The Labute approximate surface area is 155 Å². The summed E-state index contributed by atoms with van der Waals surface area (Å²) in [6.45, 7) is 2.08. The average molecular weight is 374 g/mol. The molecule has 0 saturated heterocycles. The molecule has 0 radical (unpaired) electrons. The van der Waals surface area contributed by atoms with Crippen LogP contribution in [-0.4, -0.2) is 14.8 Å². The number of rotatable bonds is 2. The third-order valence-corrected chi connectivity index (χ3v) is 5.22. The van der Waals surface area contributed by atoms with Crippen LogP contribution in [0.2, 0.25) is 10.0 Å². The van der Waals surface area contributed by atoms with E-state index in [4.69, 9.17) is 28.9 Å². The lowest BCUT2D eigenvalue weighted by molar-refractivity contribution is 0.431. The highest BCUT2D eigenvalue weighted by atomic mass is 35.5. The lowest BCUT2D eigenvalue weighted by Crippen LogP contribution is -2.28. The van der Waals surface area contributed by atoms with Crippen molar-refractivity contribution in [3.05, 3.63) is 69.2 Å². The number of nitrogens with zero attached hydrogens (tertiary/aromatic N) is 3. The zero-order valence-corrected chi connectivity index (χ0v) is 15.1. The van der Waals surface area contributed by atoms with E-state index in [0.717, 1.165) is 12.0 Å². The SMILES string of the molecule is Cc1cccc([C@@H]2C[C@H](c3ccc(Cl)c(Cl)c3)Nc3nc(N)nn32)c1. The second kappa shape index (κ2) is 6.24. The first-order valence-corrected chi connectivity index (χ1v) is 8.77. The summed E-state index contributed by atoms with van der Waals surface area (Å²) < 4.78 is 1.86. The quantitative estimate of drug-likeness (QED) is 0.687. The summed E-state index contributed by atoms with van der Waals surface area (Å²) in [5.74, 6) is 0.918. The first-order chi connectivity index (χ1) is 12.0. The van der Waals surface area contributed by atoms with Gasteiger partial charge in [0.05, 0.1) is 22.1 Å². The summed E-state index contributed by atoms with van der Waals surface area (Å²) in [6, 6.07) is 14.2. The van der Waals surface area contributed by atoms with E-state index < -0.39 is 0 Å². The summed E-state index contributed by atoms with van der Waals surface area (Å²) in [5.41, 5.74) is 9.27. The number of nitrogens with two attached hydrogens (primary N) is 1. The van der Waals surface area contributed by atoms with E-state index in [-0.39, 0.29) is 18.0 Å². The van der Waals surface area contributed by atoms with E-state index >= 15 is 0 Å². The molecule has 3 N–H and O–H groups in total. The van der Waals surface area contributed by atoms with Crippen LogP contribution in [0.3, 0.4) is 0 Å². The third-order valence-electron chi connectivity index (χ3n) is 4.48. The molecule has 0 unspecified atom stereocenters. The first kappa shape index (κ1) is 16.2. The van der Waals surface area contributed by atoms with Crippen LogP contribution < -0.4 is 11.1 Å². The largest absolute Gasteiger partial charge is 0.366 e. The van der Waals surface area contributed by atoms with Gasteiger partial charge in [0.25, 0.3) is 0 Å². The Morgan fingerprint density at radius 1 is 1.12 bits per heavy atom. The Balaban J connectivity index is 1.77. The fourth-order valence-corrected chi connectivity index (χ4v) is 3.60. The van der Waals surface area contributed by atoms with Gasteiger partial charge in [-0.15, -0.1) is 5.10 Å². The molecule has 7 heteroatoms. The van der Waals surface area contributed by atoms with Gasteiger partial charge in [-0.05, 0) is 36.6 Å². The summed E-state index contributed by atoms with van der Waals surface area (Å²) in [5, 5.41) is 8.86. The van der Waals surface area contributed by atoms with E-state index in [2.05, 4.69) is 46.6 Å². The zero-order chi connectivity index (χ0) is 17.6. The van der Waals surface area contributed by atoms with Gasteiger partial charge in [0.15, 0.2) is 0 Å². The van der Waals surface area contributed by atoms with Crippen molar-refractivity contribution in [3.63, 3.8) is 0 Å². The van der Waals surface area contributed by atoms with Crippen molar-refractivity contribution < 1.29 is 0 Å². The number of aromatic nitrogens is 3. The van der Waals surface area contributed by atoms with Gasteiger partial charge in [-0.2, -0.15) is 4.98 Å². The molecule has 0 bridgehead atoms. The summed E-state index contributed by atoms with van der Waals surface area (Å²) in [6.07, 6.45) is 0.803. The second-order valence-corrected chi connectivity index (χ2v) is 7.09. The molecule has 5 nitrogen and oxygen atoms in total. The molecule has 4 rings (SSSR count). The van der Waals surface area contributed by atoms with Gasteiger partial charge >= 0.3 is 0 Å². The molecule has 2 atom stereocenters. The number of hydrogen-bond acceptors (Lipinski definition) is 4. The van der Waals surface area contributed by atoms with Gasteiger partial charge in [-0.1, -0.05) is 59.1 Å². The fraction of sp³-hybridized carbons (Fsp3) is 0.222. The minimum Gasteiger partial charge on any atom is -0.366 e. The van der Waals surface area contributed by atoms with Crippen LogP contribution in [0.5, 0.6) is 0 Å². The van der Waals surface area contributed by atoms with Gasteiger partial charge < -0.3 is 11.1 Å². The summed E-state index contributed by atoms with van der Waals surface area (Å²) >= 11 is 12.2. The number of fused-ring (bicyclic) bond motifs is 1. The Morgan fingerprint density at radius 2 is 1.96 bits per heavy atom. The molecule has 0 fully saturated rings. The smallest absolute Gasteiger partial charge is 0.241 e. The number of anilines is 2. The molecule has 0 aliphatic carbocycles. The molecule has 25 heavy (non-hydrogen) atoms. The van der Waals surface area contributed by atoms with E-state index in [9.17, 15) is 0 Å². The van der Waals surface area contributed by atoms with Gasteiger partial charge in [0.2, 0.25) is 11.9 Å². The van der Waals surface area contributed by atoms with Gasteiger partial charge in [-0.25, -0.2) is 4.68 Å². The highest BCUT2D eigenvalue weighted by Crippen LogP contribution is 2.39. The molecule has 1 aromatic heterocycles. The minimum atomic E-state index is 0.0383. The van der Waals surface area contributed by atoms with Crippen LogP contribution >= 0.6 is 23.2 Å². The molecular formula is C18H17Cl2N5. The van der Waals surface area contributed by atoms with Crippen LogP contribution in [0, 0.1) is 6.92 Å². The maximum Gasteiger partial charge on any atom is 0.241 e. The number of benzene rings is 2. The van der Waals surface area contributed by atoms with Crippen LogP contribution in [0.4, 0.5) is 11.9 Å². The maximum atomic E-state index is 6.20. The van der Waals surface area contributed by atoms with Crippen molar-refractivity contribution in [2.75, 3.05) is 11.1 Å². The van der Waals surface area contributed by atoms with Crippen molar-refractivity contribution in [2.24, 2.45) is 0 Å². The fourth-order valence-electron chi connectivity index (χ4n) is 3.30. The Morgan fingerprint density at radius 3 is 2.72 bits per heavy atom. The van der Waals surface area contributed by atoms with Crippen LogP contribution in [0.25, 0.3) is 0 Å². The van der Waals surface area contributed by atoms with Crippen molar-refractivity contribution in [1.82, 2.24) is 14.8 Å². The number of hydrogen-bond donors (Lipinski definition) is 2. The molecule has 2 heterocycles. The van der Waals surface area contributed by atoms with Gasteiger partial charge in [0.1, 0.15) is 0 Å². The molecule has 0 spiro atoms. The van der Waals surface area contributed by atoms with Gasteiger partial charge in [0, 0.05) is 0 Å². The highest BCUT2D eigenvalue weighted by Gasteiger charge is 2.31. The number of nitrogens with one attached hydrogen (secondary N) is 1. The number of halogens is 2. The molecule has 1 aliphatic rings. The Kier molecular flexibility index (Phi) is 4.06. The lowest BCUT2D eigenvalue weighted by Gasteiger charge is -2.32. The monoisotopic (exact) mass is 373 g/mol. The van der Waals surface area contributed by atoms with Crippen LogP contribution in [-0.2, 0) is 0 Å². The summed E-state index contributed by atoms with van der Waals surface area (Å²) in [4.78, 5) is 4.32. The van der Waals surface area contributed by atoms with Crippen LogP contribution in [0.1, 0.15) is 35.2 Å². The first-order valence-electron chi connectivity index (χ1n) is 8.01. The average Bonchev–Trinajstić information content (AvgIpc) is 2.96. The number of nitrogen functional groups attached to an aromatic ring is 1. The molecule has 0 saturated carbocycles. The molecule has 128 valence electrons. The third kappa shape index (κ3) is 3.05. The highest BCUT2D eigenvalue weighted by molar-refractivity contribution is 6.42. The van der Waals surface area contributed by atoms with Crippen LogP contribution in [0.15, 0.2) is 42.5 Å². The van der Waals surface area contributed by atoms with Crippen molar-refractivity contribution >= 4 is 35.1 Å². The van der Waals surface area contributed by atoms with E-state index in [1.54, 1.807) is 0 Å². The normalized spacial score (nSPS) is 19.3. The maximum absolute atomic E-state index is 6.20. The lowest BCUT2D eigenvalue weighted by atomic mass is 9.93. The Bertz CT molecular complexity index is 937. The minimum absolute atomic E-state index is 0.0383. The Hall–Kier alpha value is -2.24. The molecule has 0 amide bonds. The predicted molar refractivity (Wildman–Crippen MR) is 101 cm³/mol. The van der Waals surface area contributed by atoms with E-state index in [1.165, 1.54) is 11.1 Å². The molecular weight excluding hydrogens is 357 g/mol. The van der Waals surface area contributed by atoms with Crippen molar-refractivity contribution in [2.45, 2.75) is 25.4 Å². The van der Waals surface area contributed by atoms with Gasteiger partial charge in [-0.3, -0.25) is 0 Å². The summed E-state index contributed by atoms with van der Waals surface area (Å²) in [7, 11) is 0. The van der Waals surface area contributed by atoms with E-state index in [1.807, 2.05) is 22.9 Å². The van der Waals surface area contributed by atoms with Crippen molar-refractivity contribution in [1.29, 1.82) is 0 Å². The predicted octanol–water partition coefficient (Wildman–Crippen LogP) is 4.62. The molecule has 2 aromatic carbocycles. The number of aryl methyl sites for hydroxylation is 1. The topological polar surface area (TPSA) is 68.8 Å². The zero-order valence-electron chi connectivity index (χ0n) is 13.6. The van der Waals surface area contributed by atoms with Crippen molar-refractivity contribution in [3.8, 4) is 0 Å². The standard InChI is InChI=1S/C18H17Cl2N5/c1-10-3-2-4-12(7-10)16-9-15(11-5-6-13(19)14(20)8-11)22-18-23-17(21)24-25(16)18/h2-8,15-16H,9H2,1H3,(H3,21,22,23,24)/t15-,16+/m1/s1. The second-order valence-electron chi connectivity index (χ2n) is 6.27.